The second kappa shape index (κ2) is 9.33. The molecule has 2 amide bonds. The number of benzene rings is 2. The molecule has 0 atom stereocenters. The minimum absolute atomic E-state index is 0.0937. The Morgan fingerprint density at radius 2 is 1.93 bits per heavy atom. The third-order valence-corrected chi connectivity index (χ3v) is 3.36. The second-order valence-electron chi connectivity index (χ2n) is 5.25. The van der Waals surface area contributed by atoms with Crippen LogP contribution in [0.5, 0.6) is 11.5 Å². The summed E-state index contributed by atoms with van der Waals surface area (Å²) in [4.78, 5) is 23.4. The Morgan fingerprint density at radius 1 is 1.19 bits per heavy atom. The van der Waals surface area contributed by atoms with Crippen LogP contribution in [0.2, 0.25) is 0 Å². The number of anilines is 1. The molecule has 0 spiro atoms. The van der Waals surface area contributed by atoms with Crippen molar-refractivity contribution in [3.05, 3.63) is 59.7 Å². The number of hydrogen-bond donors (Lipinski definition) is 2. The first-order valence-corrected chi connectivity index (χ1v) is 8.00. The number of carbonyl (C=O) groups is 2. The van der Waals surface area contributed by atoms with Gasteiger partial charge in [-0.2, -0.15) is 8.78 Å². The van der Waals surface area contributed by atoms with Gasteiger partial charge in [-0.25, -0.2) is 0 Å². The molecular formula is C19H18F2N2O4. The smallest absolute Gasteiger partial charge is 0.387 e. The number of alkyl halides is 2. The molecule has 2 rings (SSSR count). The number of amides is 2. The molecule has 0 unspecified atom stereocenters. The monoisotopic (exact) mass is 376 g/mol. The minimum atomic E-state index is -2.97. The number of halogens is 2. The van der Waals surface area contributed by atoms with Gasteiger partial charge in [-0.1, -0.05) is 18.2 Å². The SMILES string of the molecule is CCOc1cc(C=CC(=O)Nc2ccccc2C(N)=O)ccc1OC(F)F. The van der Waals surface area contributed by atoms with Gasteiger partial charge in [0.05, 0.1) is 17.9 Å². The van der Waals surface area contributed by atoms with Gasteiger partial charge in [0.15, 0.2) is 11.5 Å². The maximum absolute atomic E-state index is 12.4. The summed E-state index contributed by atoms with van der Waals surface area (Å²) < 4.78 is 34.5. The number of carbonyl (C=O) groups excluding carboxylic acids is 2. The van der Waals surface area contributed by atoms with Crippen molar-refractivity contribution in [3.8, 4) is 11.5 Å². The lowest BCUT2D eigenvalue weighted by Gasteiger charge is -2.11. The van der Waals surface area contributed by atoms with Gasteiger partial charge >= 0.3 is 6.61 Å². The maximum Gasteiger partial charge on any atom is 0.387 e. The van der Waals surface area contributed by atoms with Crippen LogP contribution in [-0.2, 0) is 4.79 Å². The fourth-order valence-electron chi connectivity index (χ4n) is 2.24. The number of primary amides is 1. The van der Waals surface area contributed by atoms with Crippen molar-refractivity contribution in [3.63, 3.8) is 0 Å². The summed E-state index contributed by atoms with van der Waals surface area (Å²) in [5.74, 6) is -1.11. The summed E-state index contributed by atoms with van der Waals surface area (Å²) in [5, 5.41) is 2.56. The van der Waals surface area contributed by atoms with Crippen LogP contribution in [0.15, 0.2) is 48.5 Å². The zero-order valence-electron chi connectivity index (χ0n) is 14.4. The number of ether oxygens (including phenoxy) is 2. The zero-order valence-corrected chi connectivity index (χ0v) is 14.4. The summed E-state index contributed by atoms with van der Waals surface area (Å²) in [6.45, 7) is -1.00. The Morgan fingerprint density at radius 3 is 2.59 bits per heavy atom. The van der Waals surface area contributed by atoms with E-state index < -0.39 is 18.4 Å². The van der Waals surface area contributed by atoms with Crippen molar-refractivity contribution in [2.75, 3.05) is 11.9 Å². The third kappa shape index (κ3) is 5.81. The van der Waals surface area contributed by atoms with E-state index >= 15 is 0 Å². The zero-order chi connectivity index (χ0) is 19.8. The predicted molar refractivity (Wildman–Crippen MR) is 96.9 cm³/mol. The van der Waals surface area contributed by atoms with Gasteiger partial charge in [0.25, 0.3) is 5.91 Å². The first-order valence-electron chi connectivity index (χ1n) is 8.00. The van der Waals surface area contributed by atoms with Crippen LogP contribution < -0.4 is 20.5 Å². The van der Waals surface area contributed by atoms with Crippen molar-refractivity contribution < 1.29 is 27.8 Å². The summed E-state index contributed by atoms with van der Waals surface area (Å²) in [6.07, 6.45) is 2.70. The Hall–Kier alpha value is -3.42. The van der Waals surface area contributed by atoms with Gasteiger partial charge in [0.2, 0.25) is 5.91 Å². The van der Waals surface area contributed by atoms with Gasteiger partial charge < -0.3 is 20.5 Å². The lowest BCUT2D eigenvalue weighted by Crippen LogP contribution is -2.16. The summed E-state index contributed by atoms with van der Waals surface area (Å²) in [6, 6.07) is 10.6. The van der Waals surface area contributed by atoms with Gasteiger partial charge in [0.1, 0.15) is 0 Å². The van der Waals surface area contributed by atoms with Crippen LogP contribution in [0.3, 0.4) is 0 Å². The fraction of sp³-hybridized carbons (Fsp3) is 0.158. The maximum atomic E-state index is 12.4. The first kappa shape index (κ1) is 19.9. The van der Waals surface area contributed by atoms with Gasteiger partial charge in [-0.05, 0) is 42.8 Å². The van der Waals surface area contributed by atoms with E-state index in [4.69, 9.17) is 10.5 Å². The van der Waals surface area contributed by atoms with Crippen molar-refractivity contribution in [2.45, 2.75) is 13.5 Å². The summed E-state index contributed by atoms with van der Waals surface area (Å²) >= 11 is 0. The highest BCUT2D eigenvalue weighted by atomic mass is 19.3. The van der Waals surface area contributed by atoms with E-state index in [1.807, 2.05) is 0 Å². The molecule has 0 aliphatic heterocycles. The summed E-state index contributed by atoms with van der Waals surface area (Å²) in [7, 11) is 0. The first-order chi connectivity index (χ1) is 12.9. The highest BCUT2D eigenvalue weighted by molar-refractivity contribution is 6.07. The normalized spacial score (nSPS) is 10.8. The molecule has 0 radical (unpaired) electrons. The average molecular weight is 376 g/mol. The molecule has 0 fully saturated rings. The van der Waals surface area contributed by atoms with E-state index in [0.29, 0.717) is 5.56 Å². The van der Waals surface area contributed by atoms with Crippen molar-refractivity contribution in [2.24, 2.45) is 5.73 Å². The Balaban J connectivity index is 2.14. The predicted octanol–water partition coefficient (Wildman–Crippen LogP) is 3.44. The largest absolute Gasteiger partial charge is 0.490 e. The fourth-order valence-corrected chi connectivity index (χ4v) is 2.24. The highest BCUT2D eigenvalue weighted by Crippen LogP contribution is 2.30. The van der Waals surface area contributed by atoms with Crippen molar-refractivity contribution in [1.29, 1.82) is 0 Å². The molecule has 0 saturated heterocycles. The molecule has 0 heterocycles. The Bertz CT molecular complexity index is 853. The van der Waals surface area contributed by atoms with Gasteiger partial charge in [-0.3, -0.25) is 9.59 Å². The lowest BCUT2D eigenvalue weighted by atomic mass is 10.1. The van der Waals surface area contributed by atoms with E-state index in [9.17, 15) is 18.4 Å². The lowest BCUT2D eigenvalue weighted by molar-refractivity contribution is -0.111. The quantitative estimate of drug-likeness (QED) is 0.691. The standard InChI is InChI=1S/C19H18F2N2O4/c1-2-26-16-11-12(7-9-15(16)27-19(20)21)8-10-17(24)23-14-6-4-3-5-13(14)18(22)25/h3-11,19H,2H2,1H3,(H2,22,25)(H,23,24). The van der Waals surface area contributed by atoms with E-state index in [0.717, 1.165) is 0 Å². The molecule has 0 saturated carbocycles. The van der Waals surface area contributed by atoms with Crippen LogP contribution in [0, 0.1) is 0 Å². The van der Waals surface area contributed by atoms with Gasteiger partial charge in [-0.15, -0.1) is 0 Å². The van der Waals surface area contributed by atoms with E-state index in [1.54, 1.807) is 25.1 Å². The molecular weight excluding hydrogens is 358 g/mol. The molecule has 142 valence electrons. The Kier molecular flexibility index (Phi) is 6.87. The number of para-hydroxylation sites is 1. The molecule has 2 aromatic rings. The van der Waals surface area contributed by atoms with Crippen molar-refractivity contribution in [1.82, 2.24) is 0 Å². The van der Waals surface area contributed by atoms with E-state index in [1.165, 1.54) is 36.4 Å². The van der Waals surface area contributed by atoms with E-state index in [-0.39, 0.29) is 29.4 Å². The van der Waals surface area contributed by atoms with Crippen LogP contribution in [0.4, 0.5) is 14.5 Å². The van der Waals surface area contributed by atoms with Crippen molar-refractivity contribution >= 4 is 23.6 Å². The molecule has 27 heavy (non-hydrogen) atoms. The number of hydrogen-bond acceptors (Lipinski definition) is 4. The molecule has 2 aromatic carbocycles. The molecule has 0 aromatic heterocycles. The number of rotatable bonds is 8. The average Bonchev–Trinajstić information content (AvgIpc) is 2.62. The number of nitrogens with one attached hydrogen (secondary N) is 1. The van der Waals surface area contributed by atoms with Gasteiger partial charge in [0, 0.05) is 6.08 Å². The molecule has 0 aliphatic carbocycles. The second-order valence-corrected chi connectivity index (χ2v) is 5.25. The van der Waals surface area contributed by atoms with Crippen LogP contribution in [0.25, 0.3) is 6.08 Å². The summed E-state index contributed by atoms with van der Waals surface area (Å²) in [5.41, 5.74) is 6.28. The molecule has 8 heteroatoms. The molecule has 0 aliphatic rings. The highest BCUT2D eigenvalue weighted by Gasteiger charge is 2.11. The van der Waals surface area contributed by atoms with E-state index in [2.05, 4.69) is 10.1 Å². The van der Waals surface area contributed by atoms with Crippen LogP contribution in [0.1, 0.15) is 22.8 Å². The third-order valence-electron chi connectivity index (χ3n) is 3.36. The molecule has 0 bridgehead atoms. The molecule has 3 N–H and O–H groups in total. The topological polar surface area (TPSA) is 90.6 Å². The van der Waals surface area contributed by atoms with Crippen LogP contribution >= 0.6 is 0 Å². The van der Waals surface area contributed by atoms with Crippen LogP contribution in [-0.4, -0.2) is 25.0 Å². The minimum Gasteiger partial charge on any atom is -0.490 e. The Labute approximate surface area is 154 Å². The number of nitrogens with two attached hydrogens (primary N) is 1. The molecule has 6 nitrogen and oxygen atoms in total.